The Morgan fingerprint density at radius 1 is 1.33 bits per heavy atom. The van der Waals surface area contributed by atoms with Crippen LogP contribution in [0.25, 0.3) is 0 Å². The fourth-order valence-corrected chi connectivity index (χ4v) is 3.20. The van der Waals surface area contributed by atoms with Crippen molar-refractivity contribution >= 4 is 11.9 Å². The first-order valence-corrected chi connectivity index (χ1v) is 8.21. The zero-order valence-corrected chi connectivity index (χ0v) is 14.8. The molecule has 2 aromatic rings. The van der Waals surface area contributed by atoms with Crippen LogP contribution < -0.4 is 10.2 Å². The van der Waals surface area contributed by atoms with Crippen LogP contribution in [0.15, 0.2) is 24.5 Å². The number of alkyl halides is 3. The van der Waals surface area contributed by atoms with Crippen molar-refractivity contribution in [3.63, 3.8) is 0 Å². The summed E-state index contributed by atoms with van der Waals surface area (Å²) < 4.78 is 45.4. The van der Waals surface area contributed by atoms with Crippen molar-refractivity contribution < 1.29 is 22.7 Å². The molecule has 0 radical (unpaired) electrons. The molecule has 0 bridgehead atoms. The summed E-state index contributed by atoms with van der Waals surface area (Å²) in [6.07, 6.45) is -1.83. The zero-order chi connectivity index (χ0) is 19.6. The molecule has 0 aliphatic carbocycles. The van der Waals surface area contributed by atoms with Crippen molar-refractivity contribution in [1.29, 1.82) is 0 Å². The highest BCUT2D eigenvalue weighted by Gasteiger charge is 2.39. The minimum atomic E-state index is -4.55. The third-order valence-electron chi connectivity index (χ3n) is 4.40. The Morgan fingerprint density at radius 2 is 2.11 bits per heavy atom. The maximum Gasteiger partial charge on any atom is 0.433 e. The molecule has 0 unspecified atom stereocenters. The number of carbonyl (C=O) groups is 1. The molecule has 0 spiro atoms. The van der Waals surface area contributed by atoms with E-state index in [4.69, 9.17) is 4.74 Å². The third-order valence-corrected chi connectivity index (χ3v) is 4.40. The van der Waals surface area contributed by atoms with Crippen molar-refractivity contribution in [2.45, 2.75) is 18.1 Å². The lowest BCUT2D eigenvalue weighted by molar-refractivity contribution is -0.141. The van der Waals surface area contributed by atoms with Crippen molar-refractivity contribution in [1.82, 2.24) is 25.1 Å². The van der Waals surface area contributed by atoms with E-state index in [-0.39, 0.29) is 37.0 Å². The topological polar surface area (TPSA) is 85.2 Å². The lowest BCUT2D eigenvalue weighted by Gasteiger charge is -2.19. The highest BCUT2D eigenvalue weighted by atomic mass is 19.4. The van der Waals surface area contributed by atoms with Gasteiger partial charge >= 0.3 is 6.18 Å². The number of amides is 1. The van der Waals surface area contributed by atoms with Gasteiger partial charge in [-0.15, -0.1) is 0 Å². The van der Waals surface area contributed by atoms with Crippen LogP contribution in [0.2, 0.25) is 0 Å². The second-order valence-electron chi connectivity index (χ2n) is 6.24. The number of methoxy groups -OCH3 is 1. The van der Waals surface area contributed by atoms with Gasteiger partial charge in [-0.2, -0.15) is 18.3 Å². The van der Waals surface area contributed by atoms with Gasteiger partial charge in [0.1, 0.15) is 12.3 Å². The van der Waals surface area contributed by atoms with Gasteiger partial charge in [0.2, 0.25) is 11.9 Å². The highest BCUT2D eigenvalue weighted by molar-refractivity contribution is 5.77. The Bertz CT molecular complexity index is 809. The van der Waals surface area contributed by atoms with E-state index < -0.39 is 11.9 Å². The summed E-state index contributed by atoms with van der Waals surface area (Å²) in [5.41, 5.74) is -0.149. The zero-order valence-electron chi connectivity index (χ0n) is 14.8. The molecule has 1 saturated heterocycles. The van der Waals surface area contributed by atoms with E-state index in [1.165, 1.54) is 7.11 Å². The van der Waals surface area contributed by atoms with Gasteiger partial charge < -0.3 is 15.0 Å². The first-order valence-electron chi connectivity index (χ1n) is 8.21. The molecule has 1 amide bonds. The molecular formula is C16H19F3N6O2. The number of nitrogens with zero attached hydrogens (tertiary/aromatic N) is 5. The molecule has 1 aliphatic heterocycles. The molecule has 1 fully saturated rings. The lowest BCUT2D eigenvalue weighted by Crippen LogP contribution is -2.42. The number of aromatic nitrogens is 4. The first-order chi connectivity index (χ1) is 12.8. The van der Waals surface area contributed by atoms with Crippen LogP contribution in [0.3, 0.4) is 0 Å². The summed E-state index contributed by atoms with van der Waals surface area (Å²) in [5, 5.41) is 7.00. The van der Waals surface area contributed by atoms with E-state index in [9.17, 15) is 18.0 Å². The van der Waals surface area contributed by atoms with E-state index >= 15 is 0 Å². The van der Waals surface area contributed by atoms with Crippen LogP contribution in [0.4, 0.5) is 19.1 Å². The molecule has 8 nitrogen and oxygen atoms in total. The quantitative estimate of drug-likeness (QED) is 0.827. The normalized spacial score (nSPS) is 20.1. The Kier molecular flexibility index (Phi) is 5.31. The first kappa shape index (κ1) is 19.1. The van der Waals surface area contributed by atoms with Crippen LogP contribution >= 0.6 is 0 Å². The summed E-state index contributed by atoms with van der Waals surface area (Å²) in [5.74, 6) is -0.515. The van der Waals surface area contributed by atoms with Gasteiger partial charge in [0.05, 0.1) is 6.04 Å². The Labute approximate surface area is 153 Å². The number of nitrogens with one attached hydrogen (secondary N) is 1. The minimum Gasteiger partial charge on any atom is -0.375 e. The van der Waals surface area contributed by atoms with Gasteiger partial charge in [-0.25, -0.2) is 9.97 Å². The highest BCUT2D eigenvalue weighted by Crippen LogP contribution is 2.32. The molecule has 3 rings (SSSR count). The largest absolute Gasteiger partial charge is 0.433 e. The van der Waals surface area contributed by atoms with E-state index in [1.807, 2.05) is 6.07 Å². The van der Waals surface area contributed by atoms with E-state index in [1.54, 1.807) is 22.8 Å². The fourth-order valence-electron chi connectivity index (χ4n) is 3.20. The van der Waals surface area contributed by atoms with Gasteiger partial charge in [-0.1, -0.05) is 0 Å². The SMILES string of the molecule is COCC(=O)N[C@@H]1CN(c2nccc(C(F)(F)F)n2)C[C@H]1c1ccnn1C. The van der Waals surface area contributed by atoms with Gasteiger partial charge in [0.15, 0.2) is 0 Å². The van der Waals surface area contributed by atoms with Crippen molar-refractivity contribution in [3.8, 4) is 0 Å². The maximum atomic E-state index is 12.9. The number of rotatable bonds is 5. The summed E-state index contributed by atoms with van der Waals surface area (Å²) >= 11 is 0. The Hall–Kier alpha value is -2.69. The van der Waals surface area contributed by atoms with Crippen LogP contribution in [0.5, 0.6) is 0 Å². The molecule has 1 aliphatic rings. The number of hydrogen-bond acceptors (Lipinski definition) is 6. The molecule has 146 valence electrons. The van der Waals surface area contributed by atoms with Crippen LogP contribution in [-0.4, -0.2) is 58.5 Å². The molecule has 0 aromatic carbocycles. The number of halogens is 3. The Balaban J connectivity index is 1.86. The number of anilines is 1. The maximum absolute atomic E-state index is 12.9. The average Bonchev–Trinajstić information content (AvgIpc) is 3.20. The lowest BCUT2D eigenvalue weighted by atomic mass is 9.99. The summed E-state index contributed by atoms with van der Waals surface area (Å²) in [6, 6.07) is 2.30. The molecule has 2 atom stereocenters. The smallest absolute Gasteiger partial charge is 0.375 e. The van der Waals surface area contributed by atoms with E-state index in [2.05, 4.69) is 20.4 Å². The van der Waals surface area contributed by atoms with Crippen molar-refractivity contribution in [2.24, 2.45) is 7.05 Å². The predicted octanol–water partition coefficient (Wildman–Crippen LogP) is 0.964. The number of aryl methyl sites for hydroxylation is 1. The second-order valence-corrected chi connectivity index (χ2v) is 6.24. The second kappa shape index (κ2) is 7.51. The van der Waals surface area contributed by atoms with Crippen LogP contribution in [0, 0.1) is 0 Å². The van der Waals surface area contributed by atoms with Crippen LogP contribution in [0.1, 0.15) is 17.3 Å². The standard InChI is InChI=1S/C16H19F3N6O2/c1-24-12(3-6-21-24)10-7-25(8-11(10)22-14(26)9-27-2)15-20-5-4-13(23-15)16(17,18)19/h3-6,10-11H,7-9H2,1-2H3,(H,22,26)/t10-,11-/m1/s1. The fraction of sp³-hybridized carbons (Fsp3) is 0.500. The molecule has 27 heavy (non-hydrogen) atoms. The number of carbonyl (C=O) groups excluding carboxylic acids is 1. The van der Waals surface area contributed by atoms with Gasteiger partial charge in [0, 0.05) is 51.3 Å². The van der Waals surface area contributed by atoms with E-state index in [0.29, 0.717) is 6.54 Å². The van der Waals surface area contributed by atoms with Gasteiger partial charge in [-0.3, -0.25) is 9.48 Å². The molecule has 2 aromatic heterocycles. The monoisotopic (exact) mass is 384 g/mol. The molecular weight excluding hydrogens is 365 g/mol. The van der Waals surface area contributed by atoms with Crippen molar-refractivity contribution in [3.05, 3.63) is 35.9 Å². The summed E-state index contributed by atoms with van der Waals surface area (Å²) in [7, 11) is 3.18. The number of hydrogen-bond donors (Lipinski definition) is 1. The van der Waals surface area contributed by atoms with Gasteiger partial charge in [0.25, 0.3) is 0 Å². The third kappa shape index (κ3) is 4.18. The van der Waals surface area contributed by atoms with E-state index in [0.717, 1.165) is 18.0 Å². The minimum absolute atomic E-state index is 0.0273. The van der Waals surface area contributed by atoms with Gasteiger partial charge in [-0.05, 0) is 12.1 Å². The molecule has 3 heterocycles. The van der Waals surface area contributed by atoms with Crippen LogP contribution in [-0.2, 0) is 22.8 Å². The molecule has 1 N–H and O–H groups in total. The summed E-state index contributed by atoms with van der Waals surface area (Å²) in [6.45, 7) is 0.514. The summed E-state index contributed by atoms with van der Waals surface area (Å²) in [4.78, 5) is 21.2. The predicted molar refractivity (Wildman–Crippen MR) is 89.0 cm³/mol. The molecule has 0 saturated carbocycles. The Morgan fingerprint density at radius 3 is 2.74 bits per heavy atom. The average molecular weight is 384 g/mol. The van der Waals surface area contributed by atoms with Crippen molar-refractivity contribution in [2.75, 3.05) is 31.7 Å². The number of ether oxygens (including phenoxy) is 1. The molecule has 11 heteroatoms.